The second-order valence-electron chi connectivity index (χ2n) is 21.5. The van der Waals surface area contributed by atoms with Crippen LogP contribution < -0.4 is 0 Å². The third-order valence-corrected chi connectivity index (χ3v) is 14.5. The minimum atomic E-state index is -10.7. The number of fused-ring (bicyclic) bond motifs is 8. The number of halogens is 12. The summed E-state index contributed by atoms with van der Waals surface area (Å²) in [6.07, 6.45) is 0. The maximum atomic E-state index is 9.87. The molecule has 8 aromatic carbocycles. The number of benzene rings is 8. The summed E-state index contributed by atoms with van der Waals surface area (Å²) in [4.78, 5) is 19.9. The van der Waals surface area contributed by atoms with Gasteiger partial charge in [-0.2, -0.15) is 37.2 Å². The molecule has 0 aromatic heterocycles. The van der Waals surface area contributed by atoms with Gasteiger partial charge in [0.2, 0.25) is 0 Å². The zero-order chi connectivity index (χ0) is 67.4. The van der Waals surface area contributed by atoms with Gasteiger partial charge in [0, 0.05) is 98.9 Å². The predicted molar refractivity (Wildman–Crippen MR) is 350 cm³/mol. The van der Waals surface area contributed by atoms with E-state index in [4.69, 9.17) is 10.5 Å². The molecule has 0 atom stereocenters. The molecule has 8 aromatic rings. The van der Waals surface area contributed by atoms with Crippen LogP contribution in [0.1, 0.15) is 58.4 Å². The van der Waals surface area contributed by atoms with Crippen molar-refractivity contribution in [3.63, 3.8) is 0 Å². The molecule has 95 heavy (non-hydrogen) atoms. The number of nitriles is 2. The molecule has 10 nitrogen and oxygen atoms in total. The average molecular weight is 1390 g/mol. The Morgan fingerprint density at radius 1 is 0.253 bits per heavy atom. The first-order chi connectivity index (χ1) is 44.5. The standard InChI is InChI=1S/C66H56N8.2C2H3N.2F6P.Fe/c1-9-25-51(26-10-1)59-63(55-33-17-5-18-34-55)71-45-67(59)41-42-68-46-73(65(57-37-21-7-22-38-57)60(68)52-27-11-2-12-28-52)50-74-48-70(62(54-31-15-4-16-32-54)66(74)58-39-23-8-24-40-58)44-43-69-47-72(49-71)64(56-35-19-6-20-36-56)61(69)53-29-13-3-14-30-53;2*1-2-3;2*1-7(2,3,4,5)6;/h1-40,45-48H,41-44,49-50H2;2*1H3;;;/q-4;;;2*-1;+4. The van der Waals surface area contributed by atoms with Crippen LogP contribution in [0.4, 0.5) is 50.4 Å². The Hall–Kier alpha value is -9.36. The van der Waals surface area contributed by atoms with E-state index in [-0.39, 0.29) is 17.1 Å². The van der Waals surface area contributed by atoms with E-state index < -0.39 is 15.6 Å². The van der Waals surface area contributed by atoms with Crippen LogP contribution in [0.2, 0.25) is 0 Å². The molecule has 0 spiro atoms. The maximum Gasteiger partial charge on any atom is 4.00 e. The van der Waals surface area contributed by atoms with Crippen molar-refractivity contribution in [1.82, 2.24) is 39.2 Å². The first-order valence-electron chi connectivity index (χ1n) is 29.1. The predicted octanol–water partition coefficient (Wildman–Crippen LogP) is 20.8. The SMILES string of the molecule is CC#N.CC#N.F[P-](F)(F)(F)(F)F.F[P-](F)(F)(F)(F)F.[Fe+4].c1ccc(C2=C(c3ccccc3)N3[CH-]N2CCN2[CH-]N(CN4[CH-]N(CCN5[CH-]N(C3)C(c3ccccc3)=C5c3ccccc3)C(c3ccccc3)=C4c3ccccc3)C(c3ccccc3)=C2c2ccccc2)cc1. The Kier molecular flexibility index (Phi) is 21.3. The van der Waals surface area contributed by atoms with E-state index in [9.17, 15) is 50.4 Å². The smallest absolute Gasteiger partial charge is 0.500 e. The topological polar surface area (TPSA) is 73.5 Å². The quantitative estimate of drug-likeness (QED) is 0.0636. The van der Waals surface area contributed by atoms with Crippen LogP contribution >= 0.6 is 15.6 Å². The molecule has 5 heterocycles. The largest absolute Gasteiger partial charge is 4.00 e. The van der Waals surface area contributed by atoms with Crippen LogP contribution in [0.25, 0.3) is 45.6 Å². The van der Waals surface area contributed by atoms with Crippen molar-refractivity contribution in [2.24, 2.45) is 0 Å². The molecule has 0 unspecified atom stereocenters. The average Bonchev–Trinajstić information content (AvgIpc) is 1.54. The molecule has 5 aliphatic rings. The molecule has 13 rings (SSSR count). The van der Waals surface area contributed by atoms with E-state index in [0.717, 1.165) is 0 Å². The van der Waals surface area contributed by atoms with Crippen molar-refractivity contribution in [3.05, 3.63) is 314 Å². The maximum absolute atomic E-state index is 10.7. The molecule has 0 saturated carbocycles. The molecule has 25 heteroatoms. The van der Waals surface area contributed by atoms with Crippen LogP contribution in [0.15, 0.2) is 243 Å². The second kappa shape index (κ2) is 28.3. The Morgan fingerprint density at radius 3 is 0.474 bits per heavy atom. The van der Waals surface area contributed by atoms with Crippen molar-refractivity contribution in [3.8, 4) is 12.1 Å². The first-order valence-corrected chi connectivity index (χ1v) is 33.2. The van der Waals surface area contributed by atoms with Crippen molar-refractivity contribution in [1.29, 1.82) is 10.5 Å². The third-order valence-electron chi connectivity index (χ3n) is 14.5. The van der Waals surface area contributed by atoms with Gasteiger partial charge in [0.25, 0.3) is 0 Å². The van der Waals surface area contributed by atoms with Gasteiger partial charge in [-0.25, -0.2) is 0 Å². The second-order valence-corrected chi connectivity index (χ2v) is 25.3. The van der Waals surface area contributed by atoms with Crippen molar-refractivity contribution in [2.75, 3.05) is 39.5 Å². The van der Waals surface area contributed by atoms with Gasteiger partial charge in [0.05, 0.1) is 12.1 Å². The van der Waals surface area contributed by atoms with Gasteiger partial charge < -0.3 is 39.2 Å². The molecule has 8 bridgehead atoms. The first kappa shape index (κ1) is 71.5. The van der Waals surface area contributed by atoms with Gasteiger partial charge in [-0.1, -0.05) is 243 Å². The molecule has 1 fully saturated rings. The minimum absolute atomic E-state index is 0. The zero-order valence-corrected chi connectivity index (χ0v) is 53.8. The Morgan fingerprint density at radius 2 is 0.358 bits per heavy atom. The Balaban J connectivity index is 0.000000485. The fraction of sp³-hybridized carbons (Fsp3) is 0.114. The molecule has 0 N–H and O–H groups in total. The number of nitrogens with zero attached hydrogens (tertiary/aromatic N) is 10. The van der Waals surface area contributed by atoms with E-state index in [1.165, 1.54) is 104 Å². The summed E-state index contributed by atoms with van der Waals surface area (Å²) in [6, 6.07) is 91.1. The molecule has 5 aliphatic heterocycles. The molecule has 0 radical (unpaired) electrons. The summed E-state index contributed by atoms with van der Waals surface area (Å²) in [5.74, 6) is 0. The van der Waals surface area contributed by atoms with Crippen LogP contribution in [0.5, 0.6) is 0 Å². The van der Waals surface area contributed by atoms with Gasteiger partial charge in [0.15, 0.2) is 0 Å². The number of hydrogen-bond donors (Lipinski definition) is 0. The van der Waals surface area contributed by atoms with Crippen LogP contribution in [-0.2, 0) is 17.1 Å². The van der Waals surface area contributed by atoms with Crippen LogP contribution in [-0.4, -0.2) is 78.7 Å². The summed E-state index contributed by atoms with van der Waals surface area (Å²) in [5.41, 5.74) is 18.8. The molecule has 0 amide bonds. The molecular formula is C70H62F12FeN10P2-2. The summed E-state index contributed by atoms with van der Waals surface area (Å²) in [7, 11) is -21.3. The fourth-order valence-electron chi connectivity index (χ4n) is 11.3. The number of rotatable bonds is 8. The van der Waals surface area contributed by atoms with E-state index in [1.54, 1.807) is 12.1 Å². The van der Waals surface area contributed by atoms with E-state index in [2.05, 4.69) is 309 Å². The van der Waals surface area contributed by atoms with Crippen molar-refractivity contribution >= 4 is 61.2 Å². The summed E-state index contributed by atoms with van der Waals surface area (Å²) >= 11 is 0. The van der Waals surface area contributed by atoms with E-state index >= 15 is 0 Å². The number of hydrogen-bond acceptors (Lipinski definition) is 10. The third kappa shape index (κ3) is 20.3. The molecule has 0 aliphatic carbocycles. The zero-order valence-electron chi connectivity index (χ0n) is 50.9. The van der Waals surface area contributed by atoms with Crippen molar-refractivity contribution < 1.29 is 67.4 Å². The summed E-state index contributed by atoms with van der Waals surface area (Å²) in [6.45, 7) is 16.3. The fourth-order valence-corrected chi connectivity index (χ4v) is 11.3. The van der Waals surface area contributed by atoms with Gasteiger partial charge in [0.1, 0.15) is 0 Å². The van der Waals surface area contributed by atoms with Gasteiger partial charge in [-0.3, -0.25) is 0 Å². The normalized spacial score (nSPS) is 17.1. The molecule has 1 saturated heterocycles. The van der Waals surface area contributed by atoms with Gasteiger partial charge >= 0.3 is 83.0 Å². The Labute approximate surface area is 555 Å². The van der Waals surface area contributed by atoms with Crippen LogP contribution in [0, 0.1) is 49.3 Å². The van der Waals surface area contributed by atoms with Gasteiger partial charge in [-0.15, -0.1) is 0 Å². The van der Waals surface area contributed by atoms with E-state index in [1.807, 2.05) is 0 Å². The van der Waals surface area contributed by atoms with E-state index in [0.29, 0.717) is 39.5 Å². The molecular weight excluding hydrogens is 1330 g/mol. The summed E-state index contributed by atoms with van der Waals surface area (Å²) in [5, 5.41) is 14.6. The van der Waals surface area contributed by atoms with Gasteiger partial charge in [-0.05, 0) is 44.5 Å². The monoisotopic (exact) mass is 1390 g/mol. The van der Waals surface area contributed by atoms with Crippen molar-refractivity contribution in [2.45, 2.75) is 13.8 Å². The molecule has 496 valence electrons. The Bertz CT molecular complexity index is 3590. The van der Waals surface area contributed by atoms with Crippen LogP contribution in [0.3, 0.4) is 0 Å². The summed E-state index contributed by atoms with van der Waals surface area (Å²) < 4.78 is 118. The minimum Gasteiger partial charge on any atom is -0.500 e.